The van der Waals surface area contributed by atoms with Crippen molar-refractivity contribution < 1.29 is 23.5 Å². The second-order valence-electron chi connectivity index (χ2n) is 6.97. The molecule has 1 amide bonds. The Morgan fingerprint density at radius 1 is 0.968 bits per heavy atom. The third kappa shape index (κ3) is 7.54. The van der Waals surface area contributed by atoms with Crippen LogP contribution < -0.4 is 14.8 Å². The van der Waals surface area contributed by atoms with E-state index in [2.05, 4.69) is 10.3 Å². The summed E-state index contributed by atoms with van der Waals surface area (Å²) >= 11 is 0. The molecule has 3 aromatic rings. The van der Waals surface area contributed by atoms with Crippen LogP contribution in [0.3, 0.4) is 0 Å². The lowest BCUT2D eigenvalue weighted by Gasteiger charge is -2.09. The number of aromatic nitrogens is 1. The van der Waals surface area contributed by atoms with E-state index in [-0.39, 0.29) is 30.7 Å². The first-order valence-corrected chi connectivity index (χ1v) is 9.84. The summed E-state index contributed by atoms with van der Waals surface area (Å²) < 4.78 is 24.1. The van der Waals surface area contributed by atoms with Crippen molar-refractivity contribution in [3.63, 3.8) is 0 Å². The molecule has 1 N–H and O–H groups in total. The molecule has 0 radical (unpaired) electrons. The van der Waals surface area contributed by atoms with Gasteiger partial charge in [-0.3, -0.25) is 4.79 Å². The Kier molecular flexibility index (Phi) is 7.70. The molecule has 160 valence electrons. The first kappa shape index (κ1) is 22.0. The smallest absolute Gasteiger partial charge is 0.258 e. The Balaban J connectivity index is 1.44. The van der Waals surface area contributed by atoms with Gasteiger partial charge in [0.2, 0.25) is 5.88 Å². The molecule has 0 spiro atoms. The Morgan fingerprint density at radius 2 is 1.68 bits per heavy atom. The Bertz CT molecular complexity index is 1020. The number of hydrogen-bond acceptors (Lipinski definition) is 5. The van der Waals surface area contributed by atoms with Crippen molar-refractivity contribution >= 4 is 11.7 Å². The number of aryl methyl sites for hydroxylation is 1. The number of Topliss-reactive ketones (excluding diaryl/α,β-unsaturated/α-hetero) is 1. The van der Waals surface area contributed by atoms with Crippen LogP contribution in [0, 0.1) is 5.82 Å². The third-order valence-corrected chi connectivity index (χ3v) is 4.38. The average molecular weight is 422 g/mol. The molecule has 0 saturated carbocycles. The zero-order valence-corrected chi connectivity index (χ0v) is 17.1. The van der Waals surface area contributed by atoms with E-state index in [9.17, 15) is 14.0 Å². The highest BCUT2D eigenvalue weighted by Crippen LogP contribution is 2.20. The Morgan fingerprint density at radius 3 is 2.39 bits per heavy atom. The van der Waals surface area contributed by atoms with Gasteiger partial charge in [0.15, 0.2) is 6.61 Å². The molecule has 2 aromatic carbocycles. The van der Waals surface area contributed by atoms with Gasteiger partial charge >= 0.3 is 0 Å². The summed E-state index contributed by atoms with van der Waals surface area (Å²) in [5.41, 5.74) is 1.85. The molecule has 0 aliphatic carbocycles. The SMILES string of the molecule is CC(=O)CCc1ccc(OCC(=O)NCc2ccnc(Oc3ccc(F)cc3)c2)cc1. The van der Waals surface area contributed by atoms with E-state index in [1.54, 1.807) is 37.4 Å². The fourth-order valence-electron chi connectivity index (χ4n) is 2.71. The number of ether oxygens (including phenoxy) is 2. The number of ketones is 1. The summed E-state index contributed by atoms with van der Waals surface area (Å²) in [6.07, 6.45) is 2.77. The molecule has 0 atom stereocenters. The molecule has 1 aromatic heterocycles. The quantitative estimate of drug-likeness (QED) is 0.529. The maximum atomic E-state index is 13.0. The van der Waals surface area contributed by atoms with Crippen molar-refractivity contribution in [3.8, 4) is 17.4 Å². The van der Waals surface area contributed by atoms with Gasteiger partial charge in [0, 0.05) is 25.2 Å². The van der Waals surface area contributed by atoms with Gasteiger partial charge in [-0.25, -0.2) is 9.37 Å². The van der Waals surface area contributed by atoms with Crippen molar-refractivity contribution in [1.29, 1.82) is 0 Å². The minimum atomic E-state index is -0.345. The first-order valence-electron chi connectivity index (χ1n) is 9.84. The van der Waals surface area contributed by atoms with Gasteiger partial charge in [-0.05, 0) is 66.9 Å². The summed E-state index contributed by atoms with van der Waals surface area (Å²) in [4.78, 5) is 27.2. The lowest BCUT2D eigenvalue weighted by molar-refractivity contribution is -0.123. The molecule has 0 unspecified atom stereocenters. The van der Waals surface area contributed by atoms with Gasteiger partial charge < -0.3 is 19.6 Å². The number of nitrogens with zero attached hydrogens (tertiary/aromatic N) is 1. The molecule has 3 rings (SSSR count). The predicted molar refractivity (Wildman–Crippen MR) is 113 cm³/mol. The molecule has 0 saturated heterocycles. The molecule has 31 heavy (non-hydrogen) atoms. The molecule has 0 aliphatic rings. The van der Waals surface area contributed by atoms with Gasteiger partial charge in [0.05, 0.1) is 0 Å². The van der Waals surface area contributed by atoms with E-state index in [4.69, 9.17) is 9.47 Å². The molecule has 0 fully saturated rings. The number of carbonyl (C=O) groups excluding carboxylic acids is 2. The number of amides is 1. The zero-order valence-electron chi connectivity index (χ0n) is 17.1. The summed E-state index contributed by atoms with van der Waals surface area (Å²) in [5.74, 6) is 0.942. The van der Waals surface area contributed by atoms with Gasteiger partial charge in [-0.1, -0.05) is 12.1 Å². The van der Waals surface area contributed by atoms with Crippen LogP contribution in [0.2, 0.25) is 0 Å². The Hall–Kier alpha value is -3.74. The fraction of sp³-hybridized carbons (Fsp3) is 0.208. The number of benzene rings is 2. The van der Waals surface area contributed by atoms with Crippen LogP contribution in [0.15, 0.2) is 66.9 Å². The summed E-state index contributed by atoms with van der Waals surface area (Å²) in [5, 5.41) is 2.78. The summed E-state index contributed by atoms with van der Waals surface area (Å²) in [6, 6.07) is 16.4. The molecule has 0 aliphatic heterocycles. The number of pyridine rings is 1. The summed E-state index contributed by atoms with van der Waals surface area (Å²) in [6.45, 7) is 1.74. The van der Waals surface area contributed by atoms with Crippen molar-refractivity contribution in [2.75, 3.05) is 6.61 Å². The van der Waals surface area contributed by atoms with E-state index < -0.39 is 0 Å². The second-order valence-corrected chi connectivity index (χ2v) is 6.97. The van der Waals surface area contributed by atoms with E-state index in [0.717, 1.165) is 11.1 Å². The zero-order chi connectivity index (χ0) is 22.1. The minimum absolute atomic E-state index is 0.114. The van der Waals surface area contributed by atoms with E-state index in [1.165, 1.54) is 24.3 Å². The van der Waals surface area contributed by atoms with E-state index in [1.807, 2.05) is 12.1 Å². The number of halogens is 1. The van der Waals surface area contributed by atoms with Crippen LogP contribution in [-0.4, -0.2) is 23.3 Å². The highest BCUT2D eigenvalue weighted by molar-refractivity contribution is 5.77. The minimum Gasteiger partial charge on any atom is -0.484 e. The normalized spacial score (nSPS) is 10.4. The molecule has 0 bridgehead atoms. The number of hydrogen-bond donors (Lipinski definition) is 1. The maximum Gasteiger partial charge on any atom is 0.258 e. The molecule has 7 heteroatoms. The van der Waals surface area contributed by atoms with Crippen LogP contribution in [0.1, 0.15) is 24.5 Å². The van der Waals surface area contributed by atoms with E-state index in [0.29, 0.717) is 30.2 Å². The van der Waals surface area contributed by atoms with Gasteiger partial charge in [0.1, 0.15) is 23.1 Å². The van der Waals surface area contributed by atoms with Crippen molar-refractivity contribution in [2.24, 2.45) is 0 Å². The monoisotopic (exact) mass is 422 g/mol. The second kappa shape index (κ2) is 10.9. The first-order chi connectivity index (χ1) is 15.0. The highest BCUT2D eigenvalue weighted by Gasteiger charge is 2.06. The molecular formula is C24H23FN2O4. The van der Waals surface area contributed by atoms with Crippen molar-refractivity contribution in [2.45, 2.75) is 26.3 Å². The van der Waals surface area contributed by atoms with Crippen LogP contribution in [0.5, 0.6) is 17.4 Å². The van der Waals surface area contributed by atoms with Crippen LogP contribution >= 0.6 is 0 Å². The predicted octanol–water partition coefficient (Wildman–Crippen LogP) is 4.23. The van der Waals surface area contributed by atoms with E-state index >= 15 is 0 Å². The Labute approximate surface area is 180 Å². The van der Waals surface area contributed by atoms with Gasteiger partial charge in [0.25, 0.3) is 5.91 Å². The van der Waals surface area contributed by atoms with Crippen LogP contribution in [0.4, 0.5) is 4.39 Å². The topological polar surface area (TPSA) is 77.5 Å². The average Bonchev–Trinajstić information content (AvgIpc) is 2.77. The fourth-order valence-corrected chi connectivity index (χ4v) is 2.71. The van der Waals surface area contributed by atoms with Crippen LogP contribution in [-0.2, 0) is 22.6 Å². The van der Waals surface area contributed by atoms with Crippen LogP contribution in [0.25, 0.3) is 0 Å². The molecule has 6 nitrogen and oxygen atoms in total. The maximum absolute atomic E-state index is 13.0. The third-order valence-electron chi connectivity index (χ3n) is 4.38. The van der Waals surface area contributed by atoms with Gasteiger partial charge in [-0.2, -0.15) is 0 Å². The number of carbonyl (C=O) groups is 2. The highest BCUT2D eigenvalue weighted by atomic mass is 19.1. The van der Waals surface area contributed by atoms with Gasteiger partial charge in [-0.15, -0.1) is 0 Å². The number of rotatable bonds is 10. The molecular weight excluding hydrogens is 399 g/mol. The lowest BCUT2D eigenvalue weighted by Crippen LogP contribution is -2.28. The van der Waals surface area contributed by atoms with Crippen molar-refractivity contribution in [1.82, 2.24) is 10.3 Å². The van der Waals surface area contributed by atoms with Crippen molar-refractivity contribution in [3.05, 3.63) is 83.8 Å². The number of nitrogens with one attached hydrogen (secondary N) is 1. The summed E-state index contributed by atoms with van der Waals surface area (Å²) in [7, 11) is 0. The largest absolute Gasteiger partial charge is 0.484 e. The standard InChI is InChI=1S/C24H23FN2O4/c1-17(28)2-3-18-4-8-21(9-5-18)30-16-23(29)27-15-19-12-13-26-24(14-19)31-22-10-6-20(25)7-11-22/h4-14H,2-3,15-16H2,1H3,(H,27,29). The molecule has 1 heterocycles. The lowest BCUT2D eigenvalue weighted by atomic mass is 10.1.